The third-order valence-electron chi connectivity index (χ3n) is 6.01. The molecule has 0 fully saturated rings. The Morgan fingerprint density at radius 2 is 0.760 bits per heavy atom. The maximum atomic E-state index is 11.8. The molecule has 7 atom stereocenters. The molecule has 5 N–H and O–H groups in total. The van der Waals surface area contributed by atoms with Crippen molar-refractivity contribution in [2.24, 2.45) is 0 Å². The van der Waals surface area contributed by atoms with Crippen LogP contribution in [0.3, 0.4) is 0 Å². The monoisotopic (exact) mass is 720 g/mol. The molecule has 0 heterocycles. The van der Waals surface area contributed by atoms with Crippen molar-refractivity contribution in [2.75, 3.05) is 66.1 Å². The lowest BCUT2D eigenvalue weighted by molar-refractivity contribution is -0.191. The smallest absolute Gasteiger partial charge is 0.333 e. The van der Waals surface area contributed by atoms with Crippen LogP contribution in [0.25, 0.3) is 0 Å². The maximum absolute atomic E-state index is 11.8. The molecule has 0 bridgehead atoms. The number of esters is 4. The molecule has 0 amide bonds. The van der Waals surface area contributed by atoms with Crippen molar-refractivity contribution >= 4 is 23.9 Å². The van der Waals surface area contributed by atoms with Gasteiger partial charge in [0.05, 0.1) is 39.6 Å². The van der Waals surface area contributed by atoms with Crippen molar-refractivity contribution in [2.45, 2.75) is 70.4 Å². The van der Waals surface area contributed by atoms with Crippen molar-refractivity contribution in [3.8, 4) is 0 Å². The van der Waals surface area contributed by atoms with Gasteiger partial charge in [-0.05, 0) is 27.7 Å². The number of aliphatic hydroxyl groups excluding tert-OH is 5. The average Bonchev–Trinajstić information content (AvgIpc) is 3.06. The predicted octanol–water partition coefficient (Wildman–Crippen LogP) is -0.928. The van der Waals surface area contributed by atoms with Gasteiger partial charge in [-0.25, -0.2) is 19.2 Å². The van der Waals surface area contributed by atoms with Crippen LogP contribution in [0.2, 0.25) is 0 Å². The van der Waals surface area contributed by atoms with Gasteiger partial charge in [-0.1, -0.05) is 26.3 Å². The maximum Gasteiger partial charge on any atom is 0.333 e. The van der Waals surface area contributed by atoms with Gasteiger partial charge in [0, 0.05) is 22.3 Å². The van der Waals surface area contributed by atoms with Gasteiger partial charge < -0.3 is 63.4 Å². The van der Waals surface area contributed by atoms with E-state index in [0.29, 0.717) is 0 Å². The topological polar surface area (TPSA) is 243 Å². The minimum absolute atomic E-state index is 0.0897. The van der Waals surface area contributed by atoms with E-state index in [0.717, 1.165) is 0 Å². The van der Waals surface area contributed by atoms with Crippen LogP contribution in [0.15, 0.2) is 48.6 Å². The van der Waals surface area contributed by atoms with Crippen molar-refractivity contribution in [1.82, 2.24) is 0 Å². The zero-order valence-electron chi connectivity index (χ0n) is 29.1. The second-order valence-electron chi connectivity index (χ2n) is 11.4. The molecular weight excluding hydrogens is 668 g/mol. The van der Waals surface area contributed by atoms with Crippen molar-refractivity contribution in [3.05, 3.63) is 48.6 Å². The fourth-order valence-electron chi connectivity index (χ4n) is 3.33. The number of carbonyl (C=O) groups excluding carboxylic acids is 4. The highest BCUT2D eigenvalue weighted by Crippen LogP contribution is 2.16. The van der Waals surface area contributed by atoms with Gasteiger partial charge >= 0.3 is 23.9 Å². The summed E-state index contributed by atoms with van der Waals surface area (Å²) in [4.78, 5) is 46.9. The first-order valence-electron chi connectivity index (χ1n) is 15.5. The SMILES string of the molecule is C=C(C)C(=O)OCC(O)COC[C@H](OCC(O)COC(=O)C(=C)C)[C@H](OCC(O)COC(=O)C(=C)C)[C@@H](CO)OCC(O)COC(=O)C(=C)C. The van der Waals surface area contributed by atoms with E-state index in [1.54, 1.807) is 0 Å². The number of hydrogen-bond acceptors (Lipinski definition) is 17. The Labute approximate surface area is 291 Å². The number of carbonyl (C=O) groups is 4. The Bertz CT molecular complexity index is 1140. The second-order valence-corrected chi connectivity index (χ2v) is 11.4. The molecule has 4 unspecified atom stereocenters. The van der Waals surface area contributed by atoms with Crippen LogP contribution in [0, 0.1) is 0 Å². The van der Waals surface area contributed by atoms with Gasteiger partial charge in [-0.2, -0.15) is 0 Å². The fraction of sp³-hybridized carbons (Fsp3) is 0.636. The first-order valence-corrected chi connectivity index (χ1v) is 15.5. The quantitative estimate of drug-likeness (QED) is 0.0372. The lowest BCUT2D eigenvalue weighted by atomic mass is 10.1. The van der Waals surface area contributed by atoms with E-state index in [9.17, 15) is 44.7 Å². The summed E-state index contributed by atoms with van der Waals surface area (Å²) in [6.07, 6.45) is -9.40. The zero-order valence-corrected chi connectivity index (χ0v) is 29.1. The summed E-state index contributed by atoms with van der Waals surface area (Å²) in [5.74, 6) is -3.00. The van der Waals surface area contributed by atoms with E-state index in [2.05, 4.69) is 26.3 Å². The minimum Gasteiger partial charge on any atom is -0.460 e. The third-order valence-corrected chi connectivity index (χ3v) is 6.01. The van der Waals surface area contributed by atoms with Gasteiger partial charge in [-0.15, -0.1) is 0 Å². The van der Waals surface area contributed by atoms with Gasteiger partial charge in [0.15, 0.2) is 0 Å². The van der Waals surface area contributed by atoms with E-state index in [1.807, 2.05) is 0 Å². The van der Waals surface area contributed by atoms with Gasteiger partial charge in [0.25, 0.3) is 0 Å². The molecule has 0 aromatic rings. The molecule has 0 aliphatic rings. The first-order chi connectivity index (χ1) is 23.4. The minimum atomic E-state index is -1.40. The Kier molecular flexibility index (Phi) is 23.6. The molecule has 0 aliphatic heterocycles. The zero-order chi connectivity index (χ0) is 38.4. The van der Waals surface area contributed by atoms with Crippen LogP contribution in [-0.2, 0) is 57.1 Å². The Morgan fingerprint density at radius 1 is 0.460 bits per heavy atom. The number of ether oxygens (including phenoxy) is 8. The molecule has 0 aromatic heterocycles. The van der Waals surface area contributed by atoms with E-state index in [4.69, 9.17) is 37.9 Å². The number of hydrogen-bond donors (Lipinski definition) is 5. The Balaban J connectivity index is 6.02. The van der Waals surface area contributed by atoms with Crippen LogP contribution in [0.5, 0.6) is 0 Å². The molecular formula is C33H52O17. The standard InChI is InChI=1S/C33H52O17/c1-19(2)30(39)47-14-23(35)10-43-18-28(45-12-25(37)16-49-32(41)21(5)6)29(46-13-26(38)17-50-33(42)22(7)8)27(9-34)44-11-24(36)15-48-31(40)20(3)4/h23-29,34-38H,1,3,5,7,9-18H2,2,4,6,8H3/t23?,24?,25?,26?,27-,28+,29-/m1/s1. The van der Waals surface area contributed by atoms with Gasteiger partial charge in [-0.3, -0.25) is 0 Å². The van der Waals surface area contributed by atoms with Gasteiger partial charge in [0.2, 0.25) is 0 Å². The average molecular weight is 721 g/mol. The van der Waals surface area contributed by atoms with Crippen LogP contribution in [0.1, 0.15) is 27.7 Å². The van der Waals surface area contributed by atoms with Crippen LogP contribution in [0.4, 0.5) is 0 Å². The molecule has 0 rings (SSSR count). The van der Waals surface area contributed by atoms with E-state index in [-0.39, 0.29) is 22.3 Å². The molecule has 0 saturated heterocycles. The lowest BCUT2D eigenvalue weighted by Crippen LogP contribution is -2.49. The van der Waals surface area contributed by atoms with Gasteiger partial charge in [0.1, 0.15) is 69.2 Å². The molecule has 0 spiro atoms. The summed E-state index contributed by atoms with van der Waals surface area (Å²) in [6, 6.07) is 0. The summed E-state index contributed by atoms with van der Waals surface area (Å²) >= 11 is 0. The highest BCUT2D eigenvalue weighted by atomic mass is 16.6. The fourth-order valence-corrected chi connectivity index (χ4v) is 3.33. The normalized spacial score (nSPS) is 15.3. The third kappa shape index (κ3) is 20.9. The highest BCUT2D eigenvalue weighted by Gasteiger charge is 2.34. The molecule has 17 heteroatoms. The molecule has 0 aromatic carbocycles. The Morgan fingerprint density at radius 3 is 1.08 bits per heavy atom. The summed E-state index contributed by atoms with van der Waals surface area (Å²) in [7, 11) is 0. The summed E-state index contributed by atoms with van der Waals surface area (Å²) in [6.45, 7) is 14.5. The molecule has 0 radical (unpaired) electrons. The van der Waals surface area contributed by atoms with Crippen molar-refractivity contribution in [1.29, 1.82) is 0 Å². The summed E-state index contributed by atoms with van der Waals surface area (Å²) in [5.41, 5.74) is 0.400. The van der Waals surface area contributed by atoms with Crippen LogP contribution >= 0.6 is 0 Å². The largest absolute Gasteiger partial charge is 0.460 e. The lowest BCUT2D eigenvalue weighted by Gasteiger charge is -2.34. The Hall–Kier alpha value is -3.52. The number of rotatable bonds is 28. The highest BCUT2D eigenvalue weighted by molar-refractivity contribution is 5.88. The second kappa shape index (κ2) is 25.4. The first kappa shape index (κ1) is 46.5. The summed E-state index contributed by atoms with van der Waals surface area (Å²) in [5, 5.41) is 51.7. The van der Waals surface area contributed by atoms with Crippen LogP contribution < -0.4 is 0 Å². The molecule has 50 heavy (non-hydrogen) atoms. The van der Waals surface area contributed by atoms with E-state index < -0.39 is 133 Å². The molecule has 0 saturated carbocycles. The van der Waals surface area contributed by atoms with Crippen molar-refractivity contribution in [3.63, 3.8) is 0 Å². The predicted molar refractivity (Wildman–Crippen MR) is 174 cm³/mol. The van der Waals surface area contributed by atoms with Crippen molar-refractivity contribution < 1.29 is 82.6 Å². The van der Waals surface area contributed by atoms with E-state index in [1.165, 1.54) is 27.7 Å². The van der Waals surface area contributed by atoms with E-state index >= 15 is 0 Å². The molecule has 0 aliphatic carbocycles. The number of aliphatic hydroxyl groups is 5. The summed E-state index contributed by atoms with van der Waals surface area (Å²) < 4.78 is 42.6. The molecule has 286 valence electrons. The molecule has 17 nitrogen and oxygen atoms in total. The van der Waals surface area contributed by atoms with Crippen LogP contribution in [-0.4, -0.2) is 158 Å².